The molecule has 2 aromatic carbocycles. The quantitative estimate of drug-likeness (QED) is 0.598. The largest absolute Gasteiger partial charge is 0.348 e. The van der Waals surface area contributed by atoms with Gasteiger partial charge in [0.05, 0.1) is 11.3 Å². The van der Waals surface area contributed by atoms with Crippen LogP contribution in [0.15, 0.2) is 53.1 Å². The second-order valence-electron chi connectivity index (χ2n) is 8.52. The fourth-order valence-corrected chi connectivity index (χ4v) is 2.87. The lowest BCUT2D eigenvalue weighted by Gasteiger charge is -2.11. The standard InChI is InChI=1S/C24H28N4O3/c1-16-9-11-17(12-10-16)15-25-22(30)18-7-5-6-8-19(18)26-20(29)13-14-21-27-23(28-31-21)24(2,3)4/h5-12H,13-15H2,1-4H3,(H,25,30)(H,26,29). The van der Waals surface area contributed by atoms with Gasteiger partial charge in [-0.3, -0.25) is 9.59 Å². The van der Waals surface area contributed by atoms with Crippen LogP contribution >= 0.6 is 0 Å². The molecule has 1 heterocycles. The summed E-state index contributed by atoms with van der Waals surface area (Å²) in [5.74, 6) is 0.556. The van der Waals surface area contributed by atoms with E-state index in [-0.39, 0.29) is 23.7 Å². The van der Waals surface area contributed by atoms with E-state index in [1.165, 1.54) is 5.56 Å². The van der Waals surface area contributed by atoms with Crippen LogP contribution in [0.4, 0.5) is 5.69 Å². The molecule has 0 saturated carbocycles. The van der Waals surface area contributed by atoms with Crippen molar-refractivity contribution in [2.24, 2.45) is 0 Å². The van der Waals surface area contributed by atoms with Gasteiger partial charge in [-0.2, -0.15) is 4.98 Å². The second-order valence-corrected chi connectivity index (χ2v) is 8.52. The van der Waals surface area contributed by atoms with Gasteiger partial charge in [-0.15, -0.1) is 0 Å². The Balaban J connectivity index is 1.57. The van der Waals surface area contributed by atoms with Crippen LogP contribution in [0.1, 0.15) is 60.4 Å². The number of aryl methyl sites for hydroxylation is 2. The minimum absolute atomic E-state index is 0.172. The number of hydrogen-bond donors (Lipinski definition) is 2. The van der Waals surface area contributed by atoms with Crippen molar-refractivity contribution in [1.82, 2.24) is 15.5 Å². The number of carbonyl (C=O) groups is 2. The van der Waals surface area contributed by atoms with E-state index in [9.17, 15) is 9.59 Å². The molecule has 0 fully saturated rings. The molecule has 7 nitrogen and oxygen atoms in total. The summed E-state index contributed by atoms with van der Waals surface area (Å²) in [5, 5.41) is 9.68. The average molecular weight is 421 g/mol. The van der Waals surface area contributed by atoms with E-state index >= 15 is 0 Å². The maximum Gasteiger partial charge on any atom is 0.253 e. The predicted octanol–water partition coefficient (Wildman–Crippen LogP) is 4.18. The Kier molecular flexibility index (Phi) is 6.84. The third-order valence-corrected chi connectivity index (χ3v) is 4.72. The van der Waals surface area contributed by atoms with Crippen molar-refractivity contribution in [3.05, 3.63) is 76.9 Å². The van der Waals surface area contributed by atoms with Gasteiger partial charge in [0, 0.05) is 24.8 Å². The number of amides is 2. The Morgan fingerprint density at radius 2 is 1.74 bits per heavy atom. The molecule has 2 amide bonds. The number of hydrogen-bond acceptors (Lipinski definition) is 5. The molecule has 0 aliphatic rings. The van der Waals surface area contributed by atoms with E-state index in [0.29, 0.717) is 35.9 Å². The van der Waals surface area contributed by atoms with E-state index in [1.54, 1.807) is 24.3 Å². The molecule has 1 aromatic heterocycles. The van der Waals surface area contributed by atoms with Gasteiger partial charge in [0.25, 0.3) is 5.91 Å². The van der Waals surface area contributed by atoms with Gasteiger partial charge in [0.15, 0.2) is 5.82 Å². The molecule has 0 aliphatic carbocycles. The molecule has 0 aliphatic heterocycles. The normalized spacial score (nSPS) is 11.2. The van der Waals surface area contributed by atoms with Crippen molar-refractivity contribution in [3.8, 4) is 0 Å². The summed E-state index contributed by atoms with van der Waals surface area (Å²) in [4.78, 5) is 29.5. The highest BCUT2D eigenvalue weighted by molar-refractivity contribution is 6.03. The van der Waals surface area contributed by atoms with Crippen molar-refractivity contribution < 1.29 is 14.1 Å². The molecule has 162 valence electrons. The first-order chi connectivity index (χ1) is 14.7. The van der Waals surface area contributed by atoms with Crippen molar-refractivity contribution in [3.63, 3.8) is 0 Å². The number of rotatable bonds is 7. The summed E-state index contributed by atoms with van der Waals surface area (Å²) in [7, 11) is 0. The first-order valence-corrected chi connectivity index (χ1v) is 10.3. The summed E-state index contributed by atoms with van der Waals surface area (Å²) >= 11 is 0. The fraction of sp³-hybridized carbons (Fsp3) is 0.333. The van der Waals surface area contributed by atoms with E-state index in [4.69, 9.17) is 4.52 Å². The monoisotopic (exact) mass is 420 g/mol. The number of benzene rings is 2. The van der Waals surface area contributed by atoms with Crippen LogP contribution in [0.3, 0.4) is 0 Å². The summed E-state index contributed by atoms with van der Waals surface area (Å²) in [6.45, 7) is 8.41. The minimum atomic E-state index is -0.247. The Hall–Kier alpha value is -3.48. The molecule has 0 radical (unpaired) electrons. The van der Waals surface area contributed by atoms with Crippen molar-refractivity contribution >= 4 is 17.5 Å². The summed E-state index contributed by atoms with van der Waals surface area (Å²) < 4.78 is 5.23. The van der Waals surface area contributed by atoms with Gasteiger partial charge in [0.2, 0.25) is 11.8 Å². The number of nitrogens with one attached hydrogen (secondary N) is 2. The highest BCUT2D eigenvalue weighted by Gasteiger charge is 2.21. The number of carbonyl (C=O) groups excluding carboxylic acids is 2. The first-order valence-electron chi connectivity index (χ1n) is 10.3. The molecule has 2 N–H and O–H groups in total. The molecule has 0 unspecified atom stereocenters. The van der Waals surface area contributed by atoms with Gasteiger partial charge in [0.1, 0.15) is 0 Å². The number of aromatic nitrogens is 2. The van der Waals surface area contributed by atoms with Gasteiger partial charge < -0.3 is 15.2 Å². The van der Waals surface area contributed by atoms with Crippen LogP contribution in [-0.4, -0.2) is 22.0 Å². The number of para-hydroxylation sites is 1. The van der Waals surface area contributed by atoms with Crippen LogP contribution in [0.5, 0.6) is 0 Å². The van der Waals surface area contributed by atoms with E-state index < -0.39 is 0 Å². The zero-order valence-electron chi connectivity index (χ0n) is 18.4. The Labute approximate surface area is 182 Å². The van der Waals surface area contributed by atoms with Crippen LogP contribution in [0, 0.1) is 6.92 Å². The molecule has 0 bridgehead atoms. The molecular formula is C24H28N4O3. The van der Waals surface area contributed by atoms with Crippen LogP contribution < -0.4 is 10.6 Å². The van der Waals surface area contributed by atoms with Gasteiger partial charge in [-0.05, 0) is 24.6 Å². The lowest BCUT2D eigenvalue weighted by molar-refractivity contribution is -0.116. The summed E-state index contributed by atoms with van der Waals surface area (Å²) in [6.07, 6.45) is 0.502. The van der Waals surface area contributed by atoms with Crippen LogP contribution in [-0.2, 0) is 23.2 Å². The second kappa shape index (κ2) is 9.55. The lowest BCUT2D eigenvalue weighted by Crippen LogP contribution is -2.25. The third-order valence-electron chi connectivity index (χ3n) is 4.72. The SMILES string of the molecule is Cc1ccc(CNC(=O)c2ccccc2NC(=O)CCc2nc(C(C)(C)C)no2)cc1. The molecule has 3 aromatic rings. The molecule has 7 heteroatoms. The van der Waals surface area contributed by atoms with E-state index in [0.717, 1.165) is 5.56 Å². The van der Waals surface area contributed by atoms with Gasteiger partial charge in [-0.25, -0.2) is 0 Å². The molecule has 0 spiro atoms. The van der Waals surface area contributed by atoms with Crippen LogP contribution in [0.2, 0.25) is 0 Å². The molecule has 31 heavy (non-hydrogen) atoms. The fourth-order valence-electron chi connectivity index (χ4n) is 2.87. The topological polar surface area (TPSA) is 97.1 Å². The Morgan fingerprint density at radius 1 is 1.03 bits per heavy atom. The van der Waals surface area contributed by atoms with Crippen LogP contribution in [0.25, 0.3) is 0 Å². The maximum atomic E-state index is 12.7. The minimum Gasteiger partial charge on any atom is -0.348 e. The Morgan fingerprint density at radius 3 is 2.42 bits per heavy atom. The first kappa shape index (κ1) is 22.2. The van der Waals surface area contributed by atoms with Crippen molar-refractivity contribution in [1.29, 1.82) is 0 Å². The molecule has 0 atom stereocenters. The highest BCUT2D eigenvalue weighted by Crippen LogP contribution is 2.19. The highest BCUT2D eigenvalue weighted by atomic mass is 16.5. The third kappa shape index (κ3) is 6.25. The van der Waals surface area contributed by atoms with Gasteiger partial charge in [-0.1, -0.05) is 67.9 Å². The smallest absolute Gasteiger partial charge is 0.253 e. The predicted molar refractivity (Wildman–Crippen MR) is 119 cm³/mol. The Bertz CT molecular complexity index is 1050. The number of anilines is 1. The zero-order chi connectivity index (χ0) is 22.4. The molecular weight excluding hydrogens is 392 g/mol. The molecule has 0 saturated heterocycles. The van der Waals surface area contributed by atoms with Crippen molar-refractivity contribution in [2.45, 2.75) is 52.5 Å². The van der Waals surface area contributed by atoms with E-state index in [2.05, 4.69) is 20.8 Å². The maximum absolute atomic E-state index is 12.7. The number of nitrogens with zero attached hydrogens (tertiary/aromatic N) is 2. The van der Waals surface area contributed by atoms with E-state index in [1.807, 2.05) is 52.0 Å². The zero-order valence-corrected chi connectivity index (χ0v) is 18.4. The average Bonchev–Trinajstić information content (AvgIpc) is 3.22. The summed E-state index contributed by atoms with van der Waals surface area (Å²) in [5.41, 5.74) is 2.84. The lowest BCUT2D eigenvalue weighted by atomic mass is 9.96. The van der Waals surface area contributed by atoms with Gasteiger partial charge >= 0.3 is 0 Å². The van der Waals surface area contributed by atoms with Crippen molar-refractivity contribution in [2.75, 3.05) is 5.32 Å². The molecule has 3 rings (SSSR count). The summed E-state index contributed by atoms with van der Waals surface area (Å²) in [6, 6.07) is 14.9.